The number of aryl methyl sites for hydroxylation is 2. The summed E-state index contributed by atoms with van der Waals surface area (Å²) >= 11 is 0. The van der Waals surface area contributed by atoms with E-state index in [0.717, 1.165) is 46.8 Å². The third-order valence-corrected chi connectivity index (χ3v) is 3.69. The van der Waals surface area contributed by atoms with E-state index in [1.54, 1.807) is 0 Å². The van der Waals surface area contributed by atoms with E-state index in [1.165, 1.54) is 0 Å². The van der Waals surface area contributed by atoms with Crippen LogP contribution in [-0.4, -0.2) is 6.54 Å². The zero-order chi connectivity index (χ0) is 14.8. The van der Waals surface area contributed by atoms with E-state index in [0.29, 0.717) is 0 Å². The van der Waals surface area contributed by atoms with E-state index in [-0.39, 0.29) is 6.04 Å². The van der Waals surface area contributed by atoms with Gasteiger partial charge in [0.1, 0.15) is 28.9 Å². The molecule has 0 spiro atoms. The first kappa shape index (κ1) is 14.0. The van der Waals surface area contributed by atoms with Crippen LogP contribution in [0.3, 0.4) is 0 Å². The maximum absolute atomic E-state index is 6.10. The zero-order valence-electron chi connectivity index (χ0n) is 12.8. The van der Waals surface area contributed by atoms with Gasteiger partial charge in [-0.2, -0.15) is 0 Å². The molecule has 1 N–H and O–H groups in total. The topological polar surface area (TPSA) is 38.3 Å². The summed E-state index contributed by atoms with van der Waals surface area (Å²) in [6, 6.07) is 12.3. The minimum atomic E-state index is -0.0366. The van der Waals surface area contributed by atoms with Crippen molar-refractivity contribution in [3.8, 4) is 0 Å². The third-order valence-electron chi connectivity index (χ3n) is 3.69. The SMILES string of the molecule is CCCNC(c1ccc(C)o1)c1cc2cccc(C)c2o1. The molecule has 110 valence electrons. The molecular weight excluding hydrogens is 262 g/mol. The molecule has 0 saturated carbocycles. The molecule has 21 heavy (non-hydrogen) atoms. The Bertz CT molecular complexity index is 739. The molecule has 2 heterocycles. The van der Waals surface area contributed by atoms with E-state index < -0.39 is 0 Å². The van der Waals surface area contributed by atoms with E-state index >= 15 is 0 Å². The van der Waals surface area contributed by atoms with Crippen LogP contribution in [0.1, 0.15) is 42.2 Å². The summed E-state index contributed by atoms with van der Waals surface area (Å²) in [5.74, 6) is 2.72. The van der Waals surface area contributed by atoms with E-state index in [2.05, 4.69) is 43.4 Å². The fourth-order valence-electron chi connectivity index (χ4n) is 2.61. The number of rotatable bonds is 5. The average molecular weight is 283 g/mol. The molecule has 3 rings (SSSR count). The fraction of sp³-hybridized carbons (Fsp3) is 0.333. The summed E-state index contributed by atoms with van der Waals surface area (Å²) in [5, 5.41) is 4.64. The van der Waals surface area contributed by atoms with Crippen molar-refractivity contribution in [1.82, 2.24) is 5.32 Å². The van der Waals surface area contributed by atoms with Gasteiger partial charge in [0.25, 0.3) is 0 Å². The third kappa shape index (κ3) is 2.74. The lowest BCUT2D eigenvalue weighted by atomic mass is 10.1. The summed E-state index contributed by atoms with van der Waals surface area (Å²) in [6.45, 7) is 7.10. The van der Waals surface area contributed by atoms with Crippen molar-refractivity contribution in [1.29, 1.82) is 0 Å². The second kappa shape index (κ2) is 5.78. The Labute approximate surface area is 124 Å². The Morgan fingerprint density at radius 3 is 2.57 bits per heavy atom. The highest BCUT2D eigenvalue weighted by atomic mass is 16.4. The molecule has 1 atom stereocenters. The minimum Gasteiger partial charge on any atom is -0.464 e. The predicted molar refractivity (Wildman–Crippen MR) is 84.5 cm³/mol. The largest absolute Gasteiger partial charge is 0.464 e. The highest BCUT2D eigenvalue weighted by molar-refractivity contribution is 5.81. The molecular formula is C18H21NO2. The van der Waals surface area contributed by atoms with Gasteiger partial charge in [0.05, 0.1) is 0 Å². The van der Waals surface area contributed by atoms with Gasteiger partial charge in [0, 0.05) is 5.39 Å². The van der Waals surface area contributed by atoms with Crippen LogP contribution in [0.5, 0.6) is 0 Å². The fourth-order valence-corrected chi connectivity index (χ4v) is 2.61. The van der Waals surface area contributed by atoms with Crippen LogP contribution in [-0.2, 0) is 0 Å². The molecule has 0 bridgehead atoms. The number of fused-ring (bicyclic) bond motifs is 1. The van der Waals surface area contributed by atoms with Crippen molar-refractivity contribution < 1.29 is 8.83 Å². The highest BCUT2D eigenvalue weighted by Gasteiger charge is 2.21. The summed E-state index contributed by atoms with van der Waals surface area (Å²) in [4.78, 5) is 0. The maximum Gasteiger partial charge on any atom is 0.137 e. The van der Waals surface area contributed by atoms with Crippen molar-refractivity contribution in [2.24, 2.45) is 0 Å². The highest BCUT2D eigenvalue weighted by Crippen LogP contribution is 2.30. The number of para-hydroxylation sites is 1. The molecule has 1 aromatic carbocycles. The normalized spacial score (nSPS) is 12.9. The first-order valence-corrected chi connectivity index (χ1v) is 7.48. The standard InChI is InChI=1S/C18H21NO2/c1-4-10-19-17(15-9-8-13(3)20-15)16-11-14-7-5-6-12(2)18(14)21-16/h5-9,11,17,19H,4,10H2,1-3H3. The van der Waals surface area contributed by atoms with Crippen LogP contribution in [0.15, 0.2) is 45.2 Å². The first-order valence-electron chi connectivity index (χ1n) is 7.48. The number of nitrogens with one attached hydrogen (secondary N) is 1. The number of benzene rings is 1. The van der Waals surface area contributed by atoms with Crippen LogP contribution in [0.25, 0.3) is 11.0 Å². The summed E-state index contributed by atoms with van der Waals surface area (Å²) in [7, 11) is 0. The van der Waals surface area contributed by atoms with Gasteiger partial charge < -0.3 is 14.2 Å². The van der Waals surface area contributed by atoms with Gasteiger partial charge in [0.2, 0.25) is 0 Å². The summed E-state index contributed by atoms with van der Waals surface area (Å²) < 4.78 is 11.9. The monoisotopic (exact) mass is 283 g/mol. The average Bonchev–Trinajstić information content (AvgIpc) is 3.07. The molecule has 0 aliphatic carbocycles. The van der Waals surface area contributed by atoms with E-state index in [4.69, 9.17) is 8.83 Å². The van der Waals surface area contributed by atoms with Crippen molar-refractivity contribution >= 4 is 11.0 Å². The van der Waals surface area contributed by atoms with Crippen LogP contribution < -0.4 is 5.32 Å². The molecule has 0 saturated heterocycles. The molecule has 0 radical (unpaired) electrons. The summed E-state index contributed by atoms with van der Waals surface area (Å²) in [6.07, 6.45) is 1.06. The van der Waals surface area contributed by atoms with Crippen LogP contribution in [0.2, 0.25) is 0 Å². The second-order valence-corrected chi connectivity index (χ2v) is 5.48. The maximum atomic E-state index is 6.10. The van der Waals surface area contributed by atoms with Gasteiger partial charge >= 0.3 is 0 Å². The Morgan fingerprint density at radius 2 is 1.90 bits per heavy atom. The lowest BCUT2D eigenvalue weighted by Crippen LogP contribution is -2.22. The molecule has 0 aliphatic rings. The molecule has 1 unspecified atom stereocenters. The van der Waals surface area contributed by atoms with Crippen LogP contribution in [0.4, 0.5) is 0 Å². The minimum absolute atomic E-state index is 0.0366. The molecule has 3 aromatic rings. The Kier molecular flexibility index (Phi) is 3.84. The van der Waals surface area contributed by atoms with E-state index in [9.17, 15) is 0 Å². The number of furan rings is 2. The molecule has 2 aromatic heterocycles. The Hall–Kier alpha value is -2.00. The van der Waals surface area contributed by atoms with Gasteiger partial charge in [-0.3, -0.25) is 0 Å². The smallest absolute Gasteiger partial charge is 0.137 e. The van der Waals surface area contributed by atoms with Crippen molar-refractivity contribution in [2.75, 3.05) is 6.54 Å². The van der Waals surface area contributed by atoms with Gasteiger partial charge in [-0.1, -0.05) is 25.1 Å². The van der Waals surface area contributed by atoms with Crippen molar-refractivity contribution in [3.05, 3.63) is 59.2 Å². The quantitative estimate of drug-likeness (QED) is 0.735. The Morgan fingerprint density at radius 1 is 1.05 bits per heavy atom. The van der Waals surface area contributed by atoms with Crippen molar-refractivity contribution in [2.45, 2.75) is 33.2 Å². The Balaban J connectivity index is 2.03. The predicted octanol–water partition coefficient (Wildman–Crippen LogP) is 4.73. The van der Waals surface area contributed by atoms with Crippen molar-refractivity contribution in [3.63, 3.8) is 0 Å². The van der Waals surface area contributed by atoms with Gasteiger partial charge in [0.15, 0.2) is 0 Å². The molecule has 0 amide bonds. The molecule has 0 aliphatic heterocycles. The first-order chi connectivity index (χ1) is 10.2. The van der Waals surface area contributed by atoms with Crippen LogP contribution >= 0.6 is 0 Å². The molecule has 3 nitrogen and oxygen atoms in total. The van der Waals surface area contributed by atoms with E-state index in [1.807, 2.05) is 19.1 Å². The molecule has 3 heteroatoms. The zero-order valence-corrected chi connectivity index (χ0v) is 12.8. The van der Waals surface area contributed by atoms with Gasteiger partial charge in [-0.15, -0.1) is 0 Å². The van der Waals surface area contributed by atoms with Gasteiger partial charge in [-0.05, 0) is 50.6 Å². The van der Waals surface area contributed by atoms with Gasteiger partial charge in [-0.25, -0.2) is 0 Å². The summed E-state index contributed by atoms with van der Waals surface area (Å²) in [5.41, 5.74) is 2.11. The van der Waals surface area contributed by atoms with Crippen LogP contribution in [0, 0.1) is 13.8 Å². The lowest BCUT2D eigenvalue weighted by Gasteiger charge is -2.13. The second-order valence-electron chi connectivity index (χ2n) is 5.48. The lowest BCUT2D eigenvalue weighted by molar-refractivity contribution is 0.390. The molecule has 0 fully saturated rings. The number of hydrogen-bond acceptors (Lipinski definition) is 3. The number of hydrogen-bond donors (Lipinski definition) is 1.